The first-order valence-electron chi connectivity index (χ1n) is 8.54. The van der Waals surface area contributed by atoms with Crippen molar-refractivity contribution in [2.24, 2.45) is 0 Å². The van der Waals surface area contributed by atoms with Crippen LogP contribution in [0.5, 0.6) is 0 Å². The summed E-state index contributed by atoms with van der Waals surface area (Å²) in [6.07, 6.45) is 5.80. The van der Waals surface area contributed by atoms with Gasteiger partial charge >= 0.3 is 0 Å². The second kappa shape index (κ2) is 6.94. The molecule has 9 heteroatoms. The highest BCUT2D eigenvalue weighted by molar-refractivity contribution is 5.90. The molecule has 1 amide bonds. The fourth-order valence-corrected chi connectivity index (χ4v) is 2.99. The monoisotopic (exact) mass is 362 g/mol. The highest BCUT2D eigenvalue weighted by Gasteiger charge is 2.15. The van der Waals surface area contributed by atoms with Gasteiger partial charge in [-0.2, -0.15) is 9.61 Å². The van der Waals surface area contributed by atoms with Gasteiger partial charge in [0.1, 0.15) is 6.33 Å². The van der Waals surface area contributed by atoms with E-state index < -0.39 is 0 Å². The van der Waals surface area contributed by atoms with E-state index in [9.17, 15) is 4.79 Å². The average molecular weight is 362 g/mol. The van der Waals surface area contributed by atoms with Gasteiger partial charge in [-0.05, 0) is 50.1 Å². The van der Waals surface area contributed by atoms with Gasteiger partial charge in [0.05, 0.1) is 17.6 Å². The van der Waals surface area contributed by atoms with Crippen LogP contribution in [-0.4, -0.2) is 40.5 Å². The molecule has 0 unspecified atom stereocenters. The fraction of sp³-hybridized carbons (Fsp3) is 0.222. The number of hydrogen-bond donors (Lipinski definition) is 1. The van der Waals surface area contributed by atoms with Crippen LogP contribution < -0.4 is 5.32 Å². The van der Waals surface area contributed by atoms with Gasteiger partial charge in [0, 0.05) is 18.3 Å². The summed E-state index contributed by atoms with van der Waals surface area (Å²) in [5.74, 6) is 0.618. The lowest BCUT2D eigenvalue weighted by atomic mass is 10.1. The largest absolute Gasteiger partial charge is 0.325 e. The maximum absolute atomic E-state index is 12.2. The summed E-state index contributed by atoms with van der Waals surface area (Å²) in [4.78, 5) is 16.2. The lowest BCUT2D eigenvalue weighted by Gasteiger charge is -2.06. The Morgan fingerprint density at radius 2 is 2.07 bits per heavy atom. The van der Waals surface area contributed by atoms with Crippen LogP contribution in [0, 0.1) is 13.8 Å². The number of hydrogen-bond acceptors (Lipinski definition) is 6. The normalized spacial score (nSPS) is 11.0. The van der Waals surface area contributed by atoms with Crippen molar-refractivity contribution >= 4 is 17.2 Å². The molecular weight excluding hydrogens is 344 g/mol. The van der Waals surface area contributed by atoms with Crippen LogP contribution in [0.3, 0.4) is 0 Å². The summed E-state index contributed by atoms with van der Waals surface area (Å²) >= 11 is 0. The molecule has 0 aliphatic carbocycles. The topological polar surface area (TPSA) is 103 Å². The Hall–Kier alpha value is -3.62. The van der Waals surface area contributed by atoms with Gasteiger partial charge in [-0.15, -0.1) is 15.3 Å². The second-order valence-electron chi connectivity index (χ2n) is 6.18. The standard InChI is InChI=1S/C18H18N8O/c1-12-15(5-8-18(27)21-14-4-3-9-19-10-14)13(2)26(23-12)17-7-6-16-22-20-11-25(16)24-17/h3-4,6-7,9-11H,5,8H2,1-2H3,(H,21,27). The molecule has 0 radical (unpaired) electrons. The zero-order chi connectivity index (χ0) is 18.8. The number of fused-ring (bicyclic) bond motifs is 1. The summed E-state index contributed by atoms with van der Waals surface area (Å²) in [6.45, 7) is 3.92. The molecule has 0 atom stereocenters. The Balaban J connectivity index is 1.51. The molecule has 4 heterocycles. The summed E-state index contributed by atoms with van der Waals surface area (Å²) in [5, 5.41) is 19.7. The van der Waals surface area contributed by atoms with E-state index in [1.807, 2.05) is 32.0 Å². The number of nitrogens with one attached hydrogen (secondary N) is 1. The predicted molar refractivity (Wildman–Crippen MR) is 98.6 cm³/mol. The minimum Gasteiger partial charge on any atom is -0.325 e. The Bertz CT molecular complexity index is 1100. The smallest absolute Gasteiger partial charge is 0.224 e. The number of amides is 1. The lowest BCUT2D eigenvalue weighted by Crippen LogP contribution is -2.13. The number of nitrogens with zero attached hydrogens (tertiary/aromatic N) is 7. The first kappa shape index (κ1) is 16.8. The van der Waals surface area contributed by atoms with E-state index in [0.29, 0.717) is 30.0 Å². The van der Waals surface area contributed by atoms with Crippen LogP contribution >= 0.6 is 0 Å². The molecule has 4 aromatic heterocycles. The molecule has 0 spiro atoms. The molecule has 4 aromatic rings. The van der Waals surface area contributed by atoms with Crippen molar-refractivity contribution in [1.82, 2.24) is 34.6 Å². The number of aryl methyl sites for hydroxylation is 1. The third-order valence-electron chi connectivity index (χ3n) is 4.35. The van der Waals surface area contributed by atoms with Crippen molar-refractivity contribution in [2.75, 3.05) is 5.32 Å². The number of carbonyl (C=O) groups is 1. The zero-order valence-electron chi connectivity index (χ0n) is 15.0. The first-order valence-corrected chi connectivity index (χ1v) is 8.54. The number of aromatic nitrogens is 7. The second-order valence-corrected chi connectivity index (χ2v) is 6.18. The van der Waals surface area contributed by atoms with Gasteiger partial charge in [-0.3, -0.25) is 9.78 Å². The third kappa shape index (κ3) is 3.39. The van der Waals surface area contributed by atoms with Gasteiger partial charge in [0.2, 0.25) is 5.91 Å². The molecule has 0 aliphatic rings. The van der Waals surface area contributed by atoms with E-state index in [2.05, 4.69) is 30.7 Å². The highest BCUT2D eigenvalue weighted by Crippen LogP contribution is 2.19. The molecule has 4 rings (SSSR count). The quantitative estimate of drug-likeness (QED) is 0.581. The molecule has 136 valence electrons. The molecule has 9 nitrogen and oxygen atoms in total. The first-order chi connectivity index (χ1) is 13.1. The van der Waals surface area contributed by atoms with Crippen LogP contribution in [0.4, 0.5) is 5.69 Å². The summed E-state index contributed by atoms with van der Waals surface area (Å²) in [5.41, 5.74) is 4.25. The van der Waals surface area contributed by atoms with Crippen molar-refractivity contribution in [2.45, 2.75) is 26.7 Å². The van der Waals surface area contributed by atoms with Crippen LogP contribution in [0.1, 0.15) is 23.4 Å². The predicted octanol–water partition coefficient (Wildman–Crippen LogP) is 1.89. The van der Waals surface area contributed by atoms with Crippen molar-refractivity contribution in [3.8, 4) is 5.82 Å². The molecule has 0 saturated carbocycles. The molecule has 1 N–H and O–H groups in total. The Kier molecular flexibility index (Phi) is 4.33. The SMILES string of the molecule is Cc1nn(-c2ccc3nncn3n2)c(C)c1CCC(=O)Nc1cccnc1. The van der Waals surface area contributed by atoms with E-state index in [0.717, 1.165) is 17.0 Å². The van der Waals surface area contributed by atoms with E-state index in [-0.39, 0.29) is 5.91 Å². The van der Waals surface area contributed by atoms with E-state index in [1.165, 1.54) is 0 Å². The minimum atomic E-state index is -0.0569. The average Bonchev–Trinajstić information content (AvgIpc) is 3.24. The van der Waals surface area contributed by atoms with Crippen LogP contribution in [0.2, 0.25) is 0 Å². The summed E-state index contributed by atoms with van der Waals surface area (Å²) < 4.78 is 3.38. The number of carbonyl (C=O) groups excluding carboxylic acids is 1. The van der Waals surface area contributed by atoms with Gasteiger partial charge < -0.3 is 5.32 Å². The van der Waals surface area contributed by atoms with E-state index in [4.69, 9.17) is 0 Å². The van der Waals surface area contributed by atoms with Crippen LogP contribution in [0.25, 0.3) is 11.5 Å². The summed E-state index contributed by atoms with van der Waals surface area (Å²) in [6, 6.07) is 7.29. The molecule has 0 aliphatic heterocycles. The Labute approximate surface area is 155 Å². The maximum atomic E-state index is 12.2. The highest BCUT2D eigenvalue weighted by atomic mass is 16.1. The lowest BCUT2D eigenvalue weighted by molar-refractivity contribution is -0.116. The molecule has 0 fully saturated rings. The Morgan fingerprint density at radius 1 is 1.19 bits per heavy atom. The van der Waals surface area contributed by atoms with Gasteiger partial charge in [-0.1, -0.05) is 0 Å². The van der Waals surface area contributed by atoms with E-state index >= 15 is 0 Å². The Morgan fingerprint density at radius 3 is 2.89 bits per heavy atom. The summed E-state index contributed by atoms with van der Waals surface area (Å²) in [7, 11) is 0. The van der Waals surface area contributed by atoms with Crippen molar-refractivity contribution < 1.29 is 4.79 Å². The van der Waals surface area contributed by atoms with Crippen molar-refractivity contribution in [3.63, 3.8) is 0 Å². The number of rotatable bonds is 5. The fourth-order valence-electron chi connectivity index (χ4n) is 2.99. The van der Waals surface area contributed by atoms with Gasteiger partial charge in [0.25, 0.3) is 0 Å². The maximum Gasteiger partial charge on any atom is 0.224 e. The molecule has 0 bridgehead atoms. The van der Waals surface area contributed by atoms with Crippen molar-refractivity contribution in [1.29, 1.82) is 0 Å². The molecule has 0 aromatic carbocycles. The third-order valence-corrected chi connectivity index (χ3v) is 4.35. The number of pyridine rings is 1. The molecule has 27 heavy (non-hydrogen) atoms. The van der Waals surface area contributed by atoms with Crippen LogP contribution in [-0.2, 0) is 11.2 Å². The zero-order valence-corrected chi connectivity index (χ0v) is 15.0. The van der Waals surface area contributed by atoms with E-state index in [1.54, 1.807) is 34.0 Å². The number of anilines is 1. The molecular formula is C18H18N8O. The minimum absolute atomic E-state index is 0.0569. The molecule has 0 saturated heterocycles. The van der Waals surface area contributed by atoms with Gasteiger partial charge in [0.15, 0.2) is 11.5 Å². The van der Waals surface area contributed by atoms with Crippen molar-refractivity contribution in [3.05, 3.63) is 59.9 Å². The van der Waals surface area contributed by atoms with Gasteiger partial charge in [-0.25, -0.2) is 4.68 Å². The van der Waals surface area contributed by atoms with Crippen LogP contribution in [0.15, 0.2) is 43.0 Å².